The molecular formula is C14H16N2O. The van der Waals surface area contributed by atoms with Gasteiger partial charge in [0.15, 0.2) is 0 Å². The molecule has 0 aliphatic carbocycles. The van der Waals surface area contributed by atoms with Gasteiger partial charge in [-0.2, -0.15) is 0 Å². The molecule has 2 rings (SSSR count). The van der Waals surface area contributed by atoms with E-state index in [4.69, 9.17) is 6.42 Å². The minimum absolute atomic E-state index is 0.0368. The maximum Gasteiger partial charge on any atom is 0.237 e. The van der Waals surface area contributed by atoms with Gasteiger partial charge in [0.2, 0.25) is 5.91 Å². The van der Waals surface area contributed by atoms with Crippen molar-refractivity contribution in [2.75, 3.05) is 6.54 Å². The molecular weight excluding hydrogens is 212 g/mol. The van der Waals surface area contributed by atoms with Crippen LogP contribution in [0, 0.1) is 12.3 Å². The predicted octanol–water partition coefficient (Wildman–Crippen LogP) is 0.840. The van der Waals surface area contributed by atoms with E-state index >= 15 is 0 Å². The van der Waals surface area contributed by atoms with Gasteiger partial charge >= 0.3 is 0 Å². The second-order valence-electron chi connectivity index (χ2n) is 4.15. The lowest BCUT2D eigenvalue weighted by atomic mass is 9.95. The molecule has 1 aromatic rings. The van der Waals surface area contributed by atoms with Crippen LogP contribution >= 0.6 is 0 Å². The summed E-state index contributed by atoms with van der Waals surface area (Å²) in [6.07, 6.45) is 6.47. The number of benzene rings is 1. The summed E-state index contributed by atoms with van der Waals surface area (Å²) in [6, 6.07) is 8.07. The molecule has 88 valence electrons. The summed E-state index contributed by atoms with van der Waals surface area (Å²) in [5, 5.41) is 6.08. The second kappa shape index (κ2) is 5.51. The van der Waals surface area contributed by atoms with Crippen LogP contribution in [0.5, 0.6) is 0 Å². The summed E-state index contributed by atoms with van der Waals surface area (Å²) < 4.78 is 0. The van der Waals surface area contributed by atoms with Crippen molar-refractivity contribution in [3.8, 4) is 12.3 Å². The summed E-state index contributed by atoms with van der Waals surface area (Å²) in [7, 11) is 0. The zero-order valence-electron chi connectivity index (χ0n) is 9.70. The molecule has 0 spiro atoms. The van der Waals surface area contributed by atoms with Crippen LogP contribution in [0.1, 0.15) is 17.5 Å². The van der Waals surface area contributed by atoms with Gasteiger partial charge in [0.05, 0.1) is 6.04 Å². The maximum absolute atomic E-state index is 11.8. The molecule has 1 heterocycles. The fourth-order valence-corrected chi connectivity index (χ4v) is 2.02. The van der Waals surface area contributed by atoms with E-state index < -0.39 is 0 Å². The smallest absolute Gasteiger partial charge is 0.237 e. The van der Waals surface area contributed by atoms with Crippen molar-refractivity contribution >= 4 is 5.91 Å². The van der Waals surface area contributed by atoms with E-state index in [0.717, 1.165) is 13.0 Å². The largest absolute Gasteiger partial charge is 0.354 e. The third kappa shape index (κ3) is 2.86. The number of carbonyl (C=O) groups is 1. The van der Waals surface area contributed by atoms with Crippen molar-refractivity contribution in [2.45, 2.75) is 25.4 Å². The number of rotatable bonds is 3. The number of terminal acetylenes is 1. The van der Waals surface area contributed by atoms with Crippen LogP contribution in [0.15, 0.2) is 24.3 Å². The molecule has 1 aliphatic rings. The average molecular weight is 228 g/mol. The zero-order chi connectivity index (χ0) is 12.1. The Kier molecular flexibility index (Phi) is 3.79. The van der Waals surface area contributed by atoms with Crippen LogP contribution in [-0.4, -0.2) is 18.5 Å². The van der Waals surface area contributed by atoms with Gasteiger partial charge in [-0.05, 0) is 17.5 Å². The lowest BCUT2D eigenvalue weighted by Crippen LogP contribution is -2.47. The van der Waals surface area contributed by atoms with Gasteiger partial charge < -0.3 is 10.6 Å². The molecule has 0 radical (unpaired) electrons. The molecule has 0 saturated heterocycles. The molecule has 1 aliphatic heterocycles. The number of fused-ring (bicyclic) bond motifs is 1. The van der Waals surface area contributed by atoms with E-state index in [-0.39, 0.29) is 11.9 Å². The molecule has 1 amide bonds. The molecule has 17 heavy (non-hydrogen) atoms. The van der Waals surface area contributed by atoms with Gasteiger partial charge in [-0.25, -0.2) is 0 Å². The van der Waals surface area contributed by atoms with Gasteiger partial charge in [0, 0.05) is 19.5 Å². The van der Waals surface area contributed by atoms with Crippen molar-refractivity contribution in [1.29, 1.82) is 0 Å². The molecule has 3 nitrogen and oxygen atoms in total. The lowest BCUT2D eigenvalue weighted by Gasteiger charge is -2.25. The van der Waals surface area contributed by atoms with Crippen molar-refractivity contribution in [3.05, 3.63) is 35.4 Å². The van der Waals surface area contributed by atoms with Crippen molar-refractivity contribution < 1.29 is 4.79 Å². The Bertz CT molecular complexity index is 448. The van der Waals surface area contributed by atoms with E-state index in [9.17, 15) is 4.79 Å². The summed E-state index contributed by atoms with van der Waals surface area (Å²) in [4.78, 5) is 11.8. The normalized spacial score (nSPS) is 17.9. The molecule has 1 aromatic carbocycles. The Morgan fingerprint density at radius 3 is 3.00 bits per heavy atom. The Morgan fingerprint density at radius 2 is 2.24 bits per heavy atom. The first-order chi connectivity index (χ1) is 8.31. The number of carbonyl (C=O) groups excluding carboxylic acids is 1. The standard InChI is InChI=1S/C14H16N2O/c1-2-3-8-15-14(17)13-9-11-6-4-5-7-12(11)10-16-13/h1,4-7,13,16H,3,8-10H2,(H,15,17). The van der Waals surface area contributed by atoms with Crippen LogP contribution in [0.2, 0.25) is 0 Å². The SMILES string of the molecule is C#CCCNC(=O)C1Cc2ccccc2CN1. The molecule has 3 heteroatoms. The summed E-state index contributed by atoms with van der Waals surface area (Å²) >= 11 is 0. The van der Waals surface area contributed by atoms with E-state index in [0.29, 0.717) is 13.0 Å². The first-order valence-electron chi connectivity index (χ1n) is 5.82. The number of hydrogen-bond acceptors (Lipinski definition) is 2. The fourth-order valence-electron chi connectivity index (χ4n) is 2.02. The van der Waals surface area contributed by atoms with Crippen molar-refractivity contribution in [1.82, 2.24) is 10.6 Å². The third-order valence-electron chi connectivity index (χ3n) is 2.97. The summed E-state index contributed by atoms with van der Waals surface area (Å²) in [6.45, 7) is 1.30. The molecule has 0 saturated carbocycles. The van der Waals surface area contributed by atoms with Gasteiger partial charge in [0.25, 0.3) is 0 Å². The summed E-state index contributed by atoms with van der Waals surface area (Å²) in [5.74, 6) is 2.54. The van der Waals surface area contributed by atoms with Crippen LogP contribution < -0.4 is 10.6 Å². The first-order valence-corrected chi connectivity index (χ1v) is 5.82. The Hall–Kier alpha value is -1.79. The van der Waals surface area contributed by atoms with Gasteiger partial charge in [-0.3, -0.25) is 4.79 Å². The fraction of sp³-hybridized carbons (Fsp3) is 0.357. The predicted molar refractivity (Wildman–Crippen MR) is 67.2 cm³/mol. The number of nitrogens with one attached hydrogen (secondary N) is 2. The molecule has 1 atom stereocenters. The highest BCUT2D eigenvalue weighted by molar-refractivity contribution is 5.82. The highest BCUT2D eigenvalue weighted by atomic mass is 16.2. The quantitative estimate of drug-likeness (QED) is 0.594. The minimum atomic E-state index is -0.136. The van der Waals surface area contributed by atoms with Gasteiger partial charge in [0.1, 0.15) is 0 Å². The zero-order valence-corrected chi connectivity index (χ0v) is 9.70. The van der Waals surface area contributed by atoms with Gasteiger partial charge in [-0.15, -0.1) is 12.3 Å². The summed E-state index contributed by atoms with van der Waals surface area (Å²) in [5.41, 5.74) is 2.53. The Balaban J connectivity index is 1.93. The second-order valence-corrected chi connectivity index (χ2v) is 4.15. The number of amides is 1. The van der Waals surface area contributed by atoms with Gasteiger partial charge in [-0.1, -0.05) is 24.3 Å². The monoisotopic (exact) mass is 228 g/mol. The number of hydrogen-bond donors (Lipinski definition) is 2. The maximum atomic E-state index is 11.8. The third-order valence-corrected chi connectivity index (χ3v) is 2.97. The van der Waals surface area contributed by atoms with Crippen molar-refractivity contribution in [2.24, 2.45) is 0 Å². The average Bonchev–Trinajstić information content (AvgIpc) is 2.38. The Labute approximate surface area is 102 Å². The molecule has 0 fully saturated rings. The highest BCUT2D eigenvalue weighted by Gasteiger charge is 2.23. The molecule has 2 N–H and O–H groups in total. The van der Waals surface area contributed by atoms with Crippen LogP contribution in [-0.2, 0) is 17.8 Å². The van der Waals surface area contributed by atoms with Crippen molar-refractivity contribution in [3.63, 3.8) is 0 Å². The molecule has 0 bridgehead atoms. The first kappa shape index (κ1) is 11.7. The molecule has 1 unspecified atom stereocenters. The lowest BCUT2D eigenvalue weighted by molar-refractivity contribution is -0.123. The van der Waals surface area contributed by atoms with Crippen LogP contribution in [0.3, 0.4) is 0 Å². The topological polar surface area (TPSA) is 41.1 Å². The van der Waals surface area contributed by atoms with E-state index in [1.54, 1.807) is 0 Å². The minimum Gasteiger partial charge on any atom is -0.354 e. The molecule has 0 aromatic heterocycles. The van der Waals surface area contributed by atoms with E-state index in [1.807, 2.05) is 12.1 Å². The van der Waals surface area contributed by atoms with Crippen LogP contribution in [0.4, 0.5) is 0 Å². The highest BCUT2D eigenvalue weighted by Crippen LogP contribution is 2.16. The van der Waals surface area contributed by atoms with E-state index in [1.165, 1.54) is 11.1 Å². The van der Waals surface area contributed by atoms with E-state index in [2.05, 4.69) is 28.7 Å². The Morgan fingerprint density at radius 1 is 1.47 bits per heavy atom. The van der Waals surface area contributed by atoms with Crippen LogP contribution in [0.25, 0.3) is 0 Å².